The number of aliphatic hydroxyl groups is 1. The Balaban J connectivity index is 1.86. The van der Waals surface area contributed by atoms with Crippen LogP contribution in [-0.2, 0) is 4.79 Å². The van der Waals surface area contributed by atoms with Crippen LogP contribution in [0.15, 0.2) is 18.2 Å². The van der Waals surface area contributed by atoms with Gasteiger partial charge in [0.05, 0.1) is 6.10 Å². The van der Waals surface area contributed by atoms with Gasteiger partial charge in [-0.25, -0.2) is 0 Å². The van der Waals surface area contributed by atoms with Crippen molar-refractivity contribution in [3.8, 4) is 11.5 Å². The van der Waals surface area contributed by atoms with Crippen LogP contribution in [0.2, 0.25) is 0 Å². The van der Waals surface area contributed by atoms with Crippen molar-refractivity contribution in [3.63, 3.8) is 0 Å². The van der Waals surface area contributed by atoms with Crippen molar-refractivity contribution in [1.82, 2.24) is 0 Å². The molecule has 0 spiro atoms. The summed E-state index contributed by atoms with van der Waals surface area (Å²) in [6, 6.07) is 5.34. The predicted molar refractivity (Wildman–Crippen MR) is 59.9 cm³/mol. The Morgan fingerprint density at radius 3 is 2.88 bits per heavy atom. The first-order chi connectivity index (χ1) is 8.25. The highest BCUT2D eigenvalue weighted by Gasteiger charge is 2.32. The van der Waals surface area contributed by atoms with Gasteiger partial charge in [0.1, 0.15) is 5.78 Å². The van der Waals surface area contributed by atoms with Gasteiger partial charge < -0.3 is 14.6 Å². The van der Waals surface area contributed by atoms with E-state index in [-0.39, 0.29) is 18.5 Å². The lowest BCUT2D eigenvalue weighted by molar-refractivity contribution is -0.123. The zero-order chi connectivity index (χ0) is 11.8. The van der Waals surface area contributed by atoms with E-state index in [1.807, 2.05) is 0 Å². The highest BCUT2D eigenvalue weighted by molar-refractivity contribution is 5.83. The van der Waals surface area contributed by atoms with E-state index in [2.05, 4.69) is 0 Å². The highest BCUT2D eigenvalue weighted by atomic mass is 16.7. The van der Waals surface area contributed by atoms with Crippen molar-refractivity contribution >= 4 is 5.78 Å². The molecule has 1 aromatic rings. The molecular weight excluding hydrogens is 220 g/mol. The third-order valence-electron chi connectivity index (χ3n) is 3.47. The van der Waals surface area contributed by atoms with Gasteiger partial charge in [0, 0.05) is 12.3 Å². The third-order valence-corrected chi connectivity index (χ3v) is 3.47. The lowest BCUT2D eigenvalue weighted by atomic mass is 9.93. The molecule has 0 bridgehead atoms. The number of ketones is 1. The van der Waals surface area contributed by atoms with Crippen LogP contribution in [0.1, 0.15) is 30.9 Å². The Labute approximate surface area is 99.2 Å². The van der Waals surface area contributed by atoms with Crippen LogP contribution >= 0.6 is 0 Å². The molecule has 1 heterocycles. The summed E-state index contributed by atoms with van der Waals surface area (Å²) in [7, 11) is 0. The number of aliphatic hydroxyl groups excluding tert-OH is 1. The zero-order valence-corrected chi connectivity index (χ0v) is 9.39. The second-order valence-electron chi connectivity index (χ2n) is 4.52. The van der Waals surface area contributed by atoms with Gasteiger partial charge in [-0.15, -0.1) is 0 Å². The number of ether oxygens (including phenoxy) is 2. The Morgan fingerprint density at radius 1 is 1.29 bits per heavy atom. The van der Waals surface area contributed by atoms with E-state index in [0.717, 1.165) is 18.4 Å². The molecule has 1 fully saturated rings. The Kier molecular flexibility index (Phi) is 2.52. The number of carbonyl (C=O) groups is 1. The number of fused-ring (bicyclic) bond motifs is 1. The fourth-order valence-corrected chi connectivity index (χ4v) is 2.51. The van der Waals surface area contributed by atoms with E-state index in [4.69, 9.17) is 9.47 Å². The predicted octanol–water partition coefficient (Wildman–Crippen LogP) is 1.82. The molecule has 90 valence electrons. The summed E-state index contributed by atoms with van der Waals surface area (Å²) < 4.78 is 10.5. The minimum atomic E-state index is -0.723. The molecule has 2 atom stereocenters. The van der Waals surface area contributed by atoms with Crippen LogP contribution in [0, 0.1) is 5.92 Å². The number of benzene rings is 1. The van der Waals surface area contributed by atoms with Gasteiger partial charge in [-0.05, 0) is 30.5 Å². The topological polar surface area (TPSA) is 55.8 Å². The SMILES string of the molecule is O=C1CCC[C@@H]1[C@@H](O)c1ccc2c(c1)OCO2. The van der Waals surface area contributed by atoms with E-state index in [1.165, 1.54) is 0 Å². The van der Waals surface area contributed by atoms with E-state index >= 15 is 0 Å². The molecule has 1 N–H and O–H groups in total. The van der Waals surface area contributed by atoms with Gasteiger partial charge in [-0.3, -0.25) is 4.79 Å². The van der Waals surface area contributed by atoms with Crippen LogP contribution in [0.25, 0.3) is 0 Å². The minimum absolute atomic E-state index is 0.162. The number of Topliss-reactive ketones (excluding diaryl/α,β-unsaturated/α-hetero) is 1. The molecule has 1 aromatic carbocycles. The maximum Gasteiger partial charge on any atom is 0.231 e. The second kappa shape index (κ2) is 4.04. The molecule has 17 heavy (non-hydrogen) atoms. The van der Waals surface area contributed by atoms with Crippen molar-refractivity contribution in [2.45, 2.75) is 25.4 Å². The Bertz CT molecular complexity index is 455. The maximum atomic E-state index is 11.6. The summed E-state index contributed by atoms with van der Waals surface area (Å²) in [5.74, 6) is 1.25. The van der Waals surface area contributed by atoms with E-state index in [1.54, 1.807) is 18.2 Å². The average Bonchev–Trinajstić information content (AvgIpc) is 2.95. The molecule has 0 amide bonds. The molecule has 1 saturated carbocycles. The van der Waals surface area contributed by atoms with Gasteiger partial charge in [0.15, 0.2) is 11.5 Å². The van der Waals surface area contributed by atoms with Crippen molar-refractivity contribution in [2.24, 2.45) is 5.92 Å². The highest BCUT2D eigenvalue weighted by Crippen LogP contribution is 2.38. The van der Waals surface area contributed by atoms with Gasteiger partial charge in [0.25, 0.3) is 0 Å². The Morgan fingerprint density at radius 2 is 2.12 bits per heavy atom. The summed E-state index contributed by atoms with van der Waals surface area (Å²) in [6.07, 6.45) is 1.52. The smallest absolute Gasteiger partial charge is 0.231 e. The zero-order valence-electron chi connectivity index (χ0n) is 9.39. The van der Waals surface area contributed by atoms with Crippen LogP contribution in [0.4, 0.5) is 0 Å². The van der Waals surface area contributed by atoms with Crippen molar-refractivity contribution < 1.29 is 19.4 Å². The number of rotatable bonds is 2. The van der Waals surface area contributed by atoms with Gasteiger partial charge in [0.2, 0.25) is 6.79 Å². The van der Waals surface area contributed by atoms with Crippen molar-refractivity contribution in [1.29, 1.82) is 0 Å². The average molecular weight is 234 g/mol. The first-order valence-electron chi connectivity index (χ1n) is 5.86. The van der Waals surface area contributed by atoms with Crippen LogP contribution in [0.5, 0.6) is 11.5 Å². The lowest BCUT2D eigenvalue weighted by Gasteiger charge is -2.17. The standard InChI is InChI=1S/C13H14O4/c14-10-3-1-2-9(10)13(15)8-4-5-11-12(6-8)17-7-16-11/h4-6,9,13,15H,1-3,7H2/t9-,13-/m0/s1. The third kappa shape index (κ3) is 1.78. The minimum Gasteiger partial charge on any atom is -0.454 e. The molecule has 4 heteroatoms. The van der Waals surface area contributed by atoms with E-state index < -0.39 is 6.10 Å². The van der Waals surface area contributed by atoms with E-state index in [9.17, 15) is 9.90 Å². The summed E-state index contributed by atoms with van der Waals surface area (Å²) in [5.41, 5.74) is 0.731. The van der Waals surface area contributed by atoms with Gasteiger partial charge >= 0.3 is 0 Å². The molecule has 0 unspecified atom stereocenters. The number of hydrogen-bond acceptors (Lipinski definition) is 4. The van der Waals surface area contributed by atoms with E-state index in [0.29, 0.717) is 17.9 Å². The maximum absolute atomic E-state index is 11.6. The fourth-order valence-electron chi connectivity index (χ4n) is 2.51. The van der Waals surface area contributed by atoms with Gasteiger partial charge in [-0.1, -0.05) is 6.07 Å². The quantitative estimate of drug-likeness (QED) is 0.848. The van der Waals surface area contributed by atoms with Gasteiger partial charge in [-0.2, -0.15) is 0 Å². The summed E-state index contributed by atoms with van der Waals surface area (Å²) in [6.45, 7) is 0.219. The summed E-state index contributed by atoms with van der Waals surface area (Å²) in [5, 5.41) is 10.2. The largest absolute Gasteiger partial charge is 0.454 e. The summed E-state index contributed by atoms with van der Waals surface area (Å²) in [4.78, 5) is 11.6. The molecule has 0 saturated heterocycles. The van der Waals surface area contributed by atoms with Crippen LogP contribution in [0.3, 0.4) is 0 Å². The molecule has 3 rings (SSSR count). The molecule has 1 aliphatic heterocycles. The van der Waals surface area contributed by atoms with Crippen LogP contribution in [-0.4, -0.2) is 17.7 Å². The molecule has 1 aliphatic carbocycles. The number of carbonyl (C=O) groups excluding carboxylic acids is 1. The Hall–Kier alpha value is -1.55. The fraction of sp³-hybridized carbons (Fsp3) is 0.462. The number of hydrogen-bond donors (Lipinski definition) is 1. The monoisotopic (exact) mass is 234 g/mol. The second-order valence-corrected chi connectivity index (χ2v) is 4.52. The van der Waals surface area contributed by atoms with Crippen molar-refractivity contribution in [2.75, 3.05) is 6.79 Å². The molecular formula is C13H14O4. The molecule has 2 aliphatic rings. The van der Waals surface area contributed by atoms with Crippen molar-refractivity contribution in [3.05, 3.63) is 23.8 Å². The molecule has 0 aromatic heterocycles. The molecule has 0 radical (unpaired) electrons. The molecule has 4 nitrogen and oxygen atoms in total. The first kappa shape index (κ1) is 10.6. The first-order valence-corrected chi connectivity index (χ1v) is 5.86. The summed E-state index contributed by atoms with van der Waals surface area (Å²) >= 11 is 0. The normalized spacial score (nSPS) is 24.1. The van der Waals surface area contributed by atoms with Crippen LogP contribution < -0.4 is 9.47 Å². The lowest BCUT2D eigenvalue weighted by Crippen LogP contribution is -2.16.